The molecule has 0 saturated heterocycles. The van der Waals surface area contributed by atoms with Crippen LogP contribution in [0, 0.1) is 6.92 Å². The van der Waals surface area contributed by atoms with Gasteiger partial charge in [0.25, 0.3) is 0 Å². The fourth-order valence-electron chi connectivity index (χ4n) is 1.07. The third-order valence-electron chi connectivity index (χ3n) is 1.75. The van der Waals surface area contributed by atoms with Crippen molar-refractivity contribution in [2.45, 2.75) is 19.9 Å². The number of hydrogen-bond acceptors (Lipinski definition) is 2. The predicted octanol–water partition coefficient (Wildman–Crippen LogP) is -5.19. The summed E-state index contributed by atoms with van der Waals surface area (Å²) < 4.78 is 2.16. The summed E-state index contributed by atoms with van der Waals surface area (Å²) in [6.45, 7) is 4.16. The first-order chi connectivity index (χ1) is 5.34. The van der Waals surface area contributed by atoms with E-state index in [2.05, 4.69) is 14.9 Å². The van der Waals surface area contributed by atoms with Gasteiger partial charge in [-0.25, -0.2) is 4.98 Å². The molecule has 0 fully saturated rings. The number of halogens is 2. The highest BCUT2D eigenvalue weighted by Crippen LogP contribution is 1.95. The molecule has 1 aromatic heterocycles. The van der Waals surface area contributed by atoms with Crippen molar-refractivity contribution in [2.24, 2.45) is 0 Å². The highest BCUT2D eigenvalue weighted by Gasteiger charge is 1.93. The van der Waals surface area contributed by atoms with Gasteiger partial charge in [-0.15, -0.1) is 0 Å². The average molecular weight is 224 g/mol. The SMILES string of the molecule is CNCCCn1ccnc1C.[Cl-].[Cl-]. The Labute approximate surface area is 91.8 Å². The van der Waals surface area contributed by atoms with Crippen molar-refractivity contribution in [3.05, 3.63) is 18.2 Å². The summed E-state index contributed by atoms with van der Waals surface area (Å²) in [7, 11) is 1.97. The van der Waals surface area contributed by atoms with Gasteiger partial charge in [0.2, 0.25) is 0 Å². The fourth-order valence-corrected chi connectivity index (χ4v) is 1.07. The third-order valence-corrected chi connectivity index (χ3v) is 1.75. The van der Waals surface area contributed by atoms with E-state index in [1.165, 1.54) is 0 Å². The minimum Gasteiger partial charge on any atom is -1.00 e. The lowest BCUT2D eigenvalue weighted by atomic mass is 10.4. The molecule has 0 atom stereocenters. The van der Waals surface area contributed by atoms with E-state index in [0.29, 0.717) is 0 Å². The molecule has 0 saturated carbocycles. The molecule has 0 aromatic carbocycles. The molecule has 0 radical (unpaired) electrons. The minimum absolute atomic E-state index is 0. The van der Waals surface area contributed by atoms with Gasteiger partial charge in [-0.2, -0.15) is 0 Å². The maximum absolute atomic E-state index is 4.14. The molecule has 13 heavy (non-hydrogen) atoms. The smallest absolute Gasteiger partial charge is 0.105 e. The van der Waals surface area contributed by atoms with E-state index in [-0.39, 0.29) is 24.8 Å². The molecule has 0 bridgehead atoms. The molecule has 0 spiro atoms. The van der Waals surface area contributed by atoms with Crippen molar-refractivity contribution in [2.75, 3.05) is 13.6 Å². The lowest BCUT2D eigenvalue weighted by Gasteiger charge is -2.03. The topological polar surface area (TPSA) is 29.9 Å². The number of nitrogens with one attached hydrogen (secondary N) is 1. The number of aromatic nitrogens is 2. The maximum atomic E-state index is 4.14. The monoisotopic (exact) mass is 223 g/mol. The first kappa shape index (κ1) is 15.2. The van der Waals surface area contributed by atoms with E-state index in [0.717, 1.165) is 25.3 Å². The van der Waals surface area contributed by atoms with Crippen LogP contribution < -0.4 is 30.1 Å². The van der Waals surface area contributed by atoms with Crippen molar-refractivity contribution in [1.29, 1.82) is 0 Å². The second-order valence-electron chi connectivity index (χ2n) is 2.62. The first-order valence-electron chi connectivity index (χ1n) is 3.97. The Hall–Kier alpha value is -0.250. The standard InChI is InChI=1S/C8H15N3.2ClH/c1-8-10-5-7-11(8)6-3-4-9-2;;/h5,7,9H,3-4,6H2,1-2H3;2*1H/p-2. The van der Waals surface area contributed by atoms with E-state index in [1.54, 1.807) is 0 Å². The van der Waals surface area contributed by atoms with Gasteiger partial charge in [0.05, 0.1) is 0 Å². The van der Waals surface area contributed by atoms with Crippen molar-refractivity contribution in [3.63, 3.8) is 0 Å². The Morgan fingerprint density at radius 2 is 2.15 bits per heavy atom. The van der Waals surface area contributed by atoms with Gasteiger partial charge in [0.1, 0.15) is 5.82 Å². The Kier molecular flexibility index (Phi) is 9.79. The van der Waals surface area contributed by atoms with Gasteiger partial charge < -0.3 is 34.7 Å². The zero-order chi connectivity index (χ0) is 8.10. The second kappa shape index (κ2) is 8.35. The first-order valence-corrected chi connectivity index (χ1v) is 3.97. The Balaban J connectivity index is 0. The van der Waals surface area contributed by atoms with Gasteiger partial charge in [0.15, 0.2) is 0 Å². The molecule has 0 aliphatic carbocycles. The molecule has 3 nitrogen and oxygen atoms in total. The highest BCUT2D eigenvalue weighted by atomic mass is 35.5. The van der Waals surface area contributed by atoms with Crippen LogP contribution in [0.25, 0.3) is 0 Å². The molecule has 0 unspecified atom stereocenters. The fraction of sp³-hybridized carbons (Fsp3) is 0.625. The number of aryl methyl sites for hydroxylation is 2. The van der Waals surface area contributed by atoms with Crippen LogP contribution >= 0.6 is 0 Å². The van der Waals surface area contributed by atoms with Crippen LogP contribution in [-0.2, 0) is 6.54 Å². The number of hydrogen-bond donors (Lipinski definition) is 1. The molecule has 1 N–H and O–H groups in total. The van der Waals surface area contributed by atoms with Gasteiger partial charge in [0, 0.05) is 18.9 Å². The van der Waals surface area contributed by atoms with Crippen LogP contribution in [-0.4, -0.2) is 23.1 Å². The summed E-state index contributed by atoms with van der Waals surface area (Å²) in [4.78, 5) is 4.14. The highest BCUT2D eigenvalue weighted by molar-refractivity contribution is 4.87. The van der Waals surface area contributed by atoms with Crippen molar-refractivity contribution in [3.8, 4) is 0 Å². The summed E-state index contributed by atoms with van der Waals surface area (Å²) in [6.07, 6.45) is 5.02. The minimum atomic E-state index is 0. The zero-order valence-electron chi connectivity index (χ0n) is 7.93. The lowest BCUT2D eigenvalue weighted by molar-refractivity contribution is -0.001000. The molecule has 1 aromatic rings. The van der Waals surface area contributed by atoms with Crippen LogP contribution in [0.4, 0.5) is 0 Å². The molecular formula is C8H15Cl2N3-2. The Morgan fingerprint density at radius 1 is 1.46 bits per heavy atom. The van der Waals surface area contributed by atoms with Crippen LogP contribution in [0.15, 0.2) is 12.4 Å². The van der Waals surface area contributed by atoms with Gasteiger partial charge >= 0.3 is 0 Å². The molecule has 78 valence electrons. The normalized spacial score (nSPS) is 8.77. The van der Waals surface area contributed by atoms with Crippen LogP contribution in [0.1, 0.15) is 12.2 Å². The second-order valence-corrected chi connectivity index (χ2v) is 2.62. The van der Waals surface area contributed by atoms with Crippen LogP contribution in [0.2, 0.25) is 0 Å². The van der Waals surface area contributed by atoms with Crippen molar-refractivity contribution >= 4 is 0 Å². The molecule has 1 rings (SSSR count). The quantitative estimate of drug-likeness (QED) is 0.518. The third kappa shape index (κ3) is 5.13. The maximum Gasteiger partial charge on any atom is 0.105 e. The molecular weight excluding hydrogens is 209 g/mol. The Morgan fingerprint density at radius 3 is 2.62 bits per heavy atom. The molecule has 1 heterocycles. The predicted molar refractivity (Wildman–Crippen MR) is 45.5 cm³/mol. The van der Waals surface area contributed by atoms with Crippen molar-refractivity contribution < 1.29 is 24.8 Å². The van der Waals surface area contributed by atoms with E-state index in [1.807, 2.05) is 26.4 Å². The van der Waals surface area contributed by atoms with Crippen LogP contribution in [0.3, 0.4) is 0 Å². The summed E-state index contributed by atoms with van der Waals surface area (Å²) in [6, 6.07) is 0. The van der Waals surface area contributed by atoms with Gasteiger partial charge in [-0.3, -0.25) is 0 Å². The van der Waals surface area contributed by atoms with E-state index in [9.17, 15) is 0 Å². The summed E-state index contributed by atoms with van der Waals surface area (Å²) >= 11 is 0. The Bertz CT molecular complexity index is 213. The lowest BCUT2D eigenvalue weighted by Crippen LogP contribution is -3.00. The summed E-state index contributed by atoms with van der Waals surface area (Å²) in [5, 5.41) is 3.12. The summed E-state index contributed by atoms with van der Waals surface area (Å²) in [5.74, 6) is 1.10. The van der Waals surface area contributed by atoms with E-state index in [4.69, 9.17) is 0 Å². The van der Waals surface area contributed by atoms with Gasteiger partial charge in [-0.05, 0) is 26.9 Å². The van der Waals surface area contributed by atoms with E-state index < -0.39 is 0 Å². The molecule has 0 aliphatic rings. The van der Waals surface area contributed by atoms with E-state index >= 15 is 0 Å². The molecule has 0 aliphatic heterocycles. The largest absolute Gasteiger partial charge is 1.00 e. The average Bonchev–Trinajstić information content (AvgIpc) is 2.37. The number of nitrogens with zero attached hydrogens (tertiary/aromatic N) is 2. The van der Waals surface area contributed by atoms with Crippen molar-refractivity contribution in [1.82, 2.24) is 14.9 Å². The molecule has 0 amide bonds. The summed E-state index contributed by atoms with van der Waals surface area (Å²) in [5.41, 5.74) is 0. The van der Waals surface area contributed by atoms with Crippen LogP contribution in [0.5, 0.6) is 0 Å². The van der Waals surface area contributed by atoms with Gasteiger partial charge in [-0.1, -0.05) is 0 Å². The number of imidazole rings is 1. The number of rotatable bonds is 4. The molecule has 5 heteroatoms. The zero-order valence-corrected chi connectivity index (χ0v) is 9.44.